The molecule has 0 N–H and O–H groups in total. The summed E-state index contributed by atoms with van der Waals surface area (Å²) in [6.45, 7) is 0. The van der Waals surface area contributed by atoms with Gasteiger partial charge < -0.3 is 12.3 Å². The van der Waals surface area contributed by atoms with E-state index >= 15 is 0 Å². The molecule has 0 aromatic heterocycles. The largest absolute Gasteiger partial charge is 3.00 e. The molecule has 0 saturated heterocycles. The van der Waals surface area contributed by atoms with E-state index in [0.29, 0.717) is 0 Å². The third-order valence-electron chi connectivity index (χ3n) is 0. The van der Waals surface area contributed by atoms with E-state index in [4.69, 9.17) is 0 Å². The van der Waals surface area contributed by atoms with E-state index in [-0.39, 0.29) is 114 Å². The molecule has 0 amide bonds. The van der Waals surface area contributed by atoms with E-state index in [2.05, 4.69) is 0 Å². The molecule has 0 aliphatic carbocycles. The van der Waals surface area contributed by atoms with Crippen molar-refractivity contribution in [3.63, 3.8) is 0 Å². The first-order valence-corrected chi connectivity index (χ1v) is 0. The number of nitrogens with zero attached hydrogens (tertiary/aromatic N) is 2. The first-order valence-electron chi connectivity index (χ1n) is 0. The van der Waals surface area contributed by atoms with Crippen molar-refractivity contribution in [1.29, 1.82) is 0 Å². The summed E-state index contributed by atoms with van der Waals surface area (Å²) in [5.74, 6) is 0. The third-order valence-corrected chi connectivity index (χ3v) is 0. The normalized spacial score (nSPS) is 0. The summed E-state index contributed by atoms with van der Waals surface area (Å²) >= 11 is 0. The van der Waals surface area contributed by atoms with Gasteiger partial charge in [-0.3, -0.25) is 0 Å². The van der Waals surface area contributed by atoms with Crippen molar-refractivity contribution >= 4 is 102 Å². The van der Waals surface area contributed by atoms with E-state index in [1.165, 1.54) is 0 Å². The van der Waals surface area contributed by atoms with Crippen LogP contribution in [0.3, 0.4) is 0 Å². The summed E-state index contributed by atoms with van der Waals surface area (Å²) in [5, 5.41) is 0. The van der Waals surface area contributed by atoms with Crippen LogP contribution in [-0.4, -0.2) is 102 Å². The van der Waals surface area contributed by atoms with E-state index in [9.17, 15) is 0 Å². The van der Waals surface area contributed by atoms with Gasteiger partial charge in [0.05, 0.1) is 0 Å². The molecule has 2 nitrogen and oxygen atoms in total. The van der Waals surface area contributed by atoms with Crippen molar-refractivity contribution in [2.24, 2.45) is 0 Å². The van der Waals surface area contributed by atoms with Gasteiger partial charge in [-0.2, -0.15) is 0 Å². The molecule has 0 rings (SSSR count). The maximum absolute atomic E-state index is 0. The fourth-order valence-electron chi connectivity index (χ4n) is 0. The zero-order chi connectivity index (χ0) is 0. The van der Waals surface area contributed by atoms with E-state index in [0.717, 1.165) is 0 Å². The van der Waals surface area contributed by atoms with E-state index in [1.807, 2.05) is 0 Å². The van der Waals surface area contributed by atoms with Crippen LogP contribution in [-0.2, 0) is 0 Å². The number of hydrogen-bond acceptors (Lipinski definition) is 0. The molecule has 0 saturated carbocycles. The monoisotopic (exact) mass is 196 g/mol. The van der Waals surface area contributed by atoms with Crippen LogP contribution in [0.1, 0.15) is 0 Å². The predicted molar refractivity (Wildman–Crippen MR) is 58.0 cm³/mol. The quantitative estimate of drug-likeness (QED) is 0.349. The van der Waals surface area contributed by atoms with Crippen LogP contribution >= 0.6 is 0 Å². The summed E-state index contributed by atoms with van der Waals surface area (Å²) in [4.78, 5) is 0. The molecule has 0 bridgehead atoms. The molecule has 0 radical (unpaired) electrons. The van der Waals surface area contributed by atoms with Crippen LogP contribution in [0.2, 0.25) is 0 Å². The molecule has 0 aromatic rings. The molecule has 8 heteroatoms. The minimum Gasteiger partial charge on any atom is -3.00 e. The van der Waals surface area contributed by atoms with Gasteiger partial charge in [-0.1, -0.05) is 0 Å². The molecule has 0 fully saturated rings. The molecular formula is H12Mg3N2Si3. The topological polar surface area (TPSA) is 61.0 Å². The molecule has 0 spiro atoms. The summed E-state index contributed by atoms with van der Waals surface area (Å²) < 4.78 is 0. The summed E-state index contributed by atoms with van der Waals surface area (Å²) in [6.07, 6.45) is 0. The van der Waals surface area contributed by atoms with Gasteiger partial charge in [0.15, 0.2) is 0 Å². The Kier molecular flexibility index (Phi) is 1520. The van der Waals surface area contributed by atoms with Gasteiger partial charge in [-0.15, -0.1) is 0 Å². The van der Waals surface area contributed by atoms with Gasteiger partial charge in [0.1, 0.15) is 0 Å². The SMILES string of the molecule is [Mg+2].[Mg+2].[Mg+2].[N-3].[N-3].[SiH4].[SiH4].[SiH4]. The third kappa shape index (κ3) is 66.7. The van der Waals surface area contributed by atoms with E-state index in [1.54, 1.807) is 0 Å². The van der Waals surface area contributed by atoms with Crippen LogP contribution in [0, 0.1) is 0 Å². The van der Waals surface area contributed by atoms with Crippen LogP contribution in [0.5, 0.6) is 0 Å². The molecule has 0 aliphatic rings. The Labute approximate surface area is 113 Å². The molecule has 0 aromatic carbocycles. The Morgan fingerprint density at radius 2 is 0.375 bits per heavy atom. The number of hydrogen-bond donors (Lipinski definition) is 0. The van der Waals surface area contributed by atoms with Crippen molar-refractivity contribution < 1.29 is 0 Å². The van der Waals surface area contributed by atoms with Gasteiger partial charge in [0.25, 0.3) is 0 Å². The Balaban J connectivity index is 0. The zero-order valence-corrected chi connectivity index (χ0v) is 7.26. The van der Waals surface area contributed by atoms with Gasteiger partial charge >= 0.3 is 69.2 Å². The van der Waals surface area contributed by atoms with Crippen molar-refractivity contribution in [2.75, 3.05) is 0 Å². The van der Waals surface area contributed by atoms with Crippen molar-refractivity contribution in [2.45, 2.75) is 0 Å². The van der Waals surface area contributed by atoms with Crippen molar-refractivity contribution in [1.82, 2.24) is 0 Å². The molecule has 8 heavy (non-hydrogen) atoms. The Bertz CT molecular complexity index is 12.5. The summed E-state index contributed by atoms with van der Waals surface area (Å²) in [6, 6.07) is 0. The summed E-state index contributed by atoms with van der Waals surface area (Å²) in [5.41, 5.74) is 0. The van der Waals surface area contributed by atoms with Gasteiger partial charge in [0.2, 0.25) is 0 Å². The van der Waals surface area contributed by atoms with Crippen LogP contribution < -0.4 is 0 Å². The first kappa shape index (κ1) is 129. The Morgan fingerprint density at radius 3 is 0.375 bits per heavy atom. The standard InChI is InChI=1S/3Mg.2N.3H4Si/h;;;;;3*1H4/q3*+2;2*-3;;;. The summed E-state index contributed by atoms with van der Waals surface area (Å²) in [7, 11) is 0. The second-order valence-electron chi connectivity index (χ2n) is 0. The fraction of sp³-hybridized carbons (Fsp3) is 0. The van der Waals surface area contributed by atoms with Gasteiger partial charge in [-0.05, 0) is 32.9 Å². The fourth-order valence-corrected chi connectivity index (χ4v) is 0. The molecule has 0 heterocycles. The second-order valence-corrected chi connectivity index (χ2v) is 0. The molecule has 0 aliphatic heterocycles. The number of rotatable bonds is 0. The zero-order valence-electron chi connectivity index (χ0n) is 3.02. The predicted octanol–water partition coefficient (Wildman–Crippen LogP) is -4.92. The maximum atomic E-state index is 0. The van der Waals surface area contributed by atoms with Crippen LogP contribution in [0.4, 0.5) is 0 Å². The maximum Gasteiger partial charge on any atom is 2.00 e. The molecular weight excluding hydrogens is 185 g/mol. The minimum atomic E-state index is 0. The molecule has 0 unspecified atom stereocenters. The van der Waals surface area contributed by atoms with Gasteiger partial charge in [0, 0.05) is 0 Å². The average Bonchev–Trinajstić information content (AvgIpc) is 0. The second kappa shape index (κ2) is 94.3. The molecule has 0 atom stereocenters. The van der Waals surface area contributed by atoms with Crippen LogP contribution in [0.25, 0.3) is 12.3 Å². The van der Waals surface area contributed by atoms with Crippen LogP contribution in [0.15, 0.2) is 0 Å². The average molecular weight is 197 g/mol. The first-order chi connectivity index (χ1) is 0. The molecule has 40 valence electrons. The Morgan fingerprint density at radius 1 is 0.375 bits per heavy atom. The van der Waals surface area contributed by atoms with Gasteiger partial charge in [-0.25, -0.2) is 0 Å². The van der Waals surface area contributed by atoms with E-state index < -0.39 is 0 Å². The smallest absolute Gasteiger partial charge is 2.00 e. The van der Waals surface area contributed by atoms with Crippen molar-refractivity contribution in [3.05, 3.63) is 12.3 Å². The minimum absolute atomic E-state index is 0. The Hall–Kier alpha value is 2.87. The van der Waals surface area contributed by atoms with Crippen molar-refractivity contribution in [3.8, 4) is 0 Å².